The number of amides is 1. The molecule has 0 saturated heterocycles. The van der Waals surface area contributed by atoms with Crippen LogP contribution in [0.1, 0.15) is 13.3 Å². The lowest BCUT2D eigenvalue weighted by atomic mass is 10.2. The van der Waals surface area contributed by atoms with Crippen molar-refractivity contribution in [2.45, 2.75) is 13.3 Å². The number of aliphatic imine (C=N–C) groups is 1. The summed E-state index contributed by atoms with van der Waals surface area (Å²) in [5.74, 6) is 2.46. The van der Waals surface area contributed by atoms with Crippen LogP contribution in [0.2, 0.25) is 5.02 Å². The number of anilines is 1. The molecule has 0 unspecified atom stereocenters. The van der Waals surface area contributed by atoms with Crippen molar-refractivity contribution in [3.8, 4) is 17.2 Å². The highest BCUT2D eigenvalue weighted by Gasteiger charge is 2.18. The number of likely N-dealkylation sites (N-methyl/N-ethyl adjacent to an activating group) is 1. The Kier molecular flexibility index (Phi) is 7.39. The number of hydrogen-bond acceptors (Lipinski definition) is 8. The zero-order chi connectivity index (χ0) is 22.3. The summed E-state index contributed by atoms with van der Waals surface area (Å²) in [6.07, 6.45) is 0.828. The lowest BCUT2D eigenvalue weighted by Gasteiger charge is -2.23. The van der Waals surface area contributed by atoms with Crippen LogP contribution in [0.3, 0.4) is 0 Å². The Morgan fingerprint density at radius 2 is 1.97 bits per heavy atom. The second-order valence-electron chi connectivity index (χ2n) is 6.97. The van der Waals surface area contributed by atoms with Gasteiger partial charge in [0.2, 0.25) is 17.0 Å². The number of nitrogens with one attached hydrogen (secondary N) is 1. The molecule has 2 aliphatic heterocycles. The van der Waals surface area contributed by atoms with Gasteiger partial charge in [-0.15, -0.1) is 5.10 Å². The molecular formula is C22H23ClN4O4S. The van der Waals surface area contributed by atoms with Crippen LogP contribution < -0.4 is 19.5 Å². The molecule has 0 atom stereocenters. The summed E-state index contributed by atoms with van der Waals surface area (Å²) in [5, 5.41) is 10.3. The standard InChI is InChI=1S/C22H23ClN4O4S/c1-2-27-13-21(31-17-7-4-15(23)5-8-17)25-22(26-27)32-14-20(28)24-16-6-9-18-19(12-16)30-11-3-10-29-18/h4-9,12H,2-3,10-11,13-14H2,1H3,(H,24,28). The summed E-state index contributed by atoms with van der Waals surface area (Å²) in [4.78, 5) is 16.9. The van der Waals surface area contributed by atoms with Crippen molar-refractivity contribution >= 4 is 46.0 Å². The first kappa shape index (κ1) is 22.3. The molecule has 0 radical (unpaired) electrons. The Balaban J connectivity index is 1.35. The van der Waals surface area contributed by atoms with E-state index >= 15 is 0 Å². The first-order valence-corrected chi connectivity index (χ1v) is 11.6. The molecule has 2 aromatic carbocycles. The monoisotopic (exact) mass is 474 g/mol. The van der Waals surface area contributed by atoms with Crippen LogP contribution in [0, 0.1) is 0 Å². The number of carbonyl (C=O) groups is 1. The van der Waals surface area contributed by atoms with E-state index < -0.39 is 0 Å². The van der Waals surface area contributed by atoms with Gasteiger partial charge in [-0.05, 0) is 43.3 Å². The normalized spacial score (nSPS) is 15.4. The summed E-state index contributed by atoms with van der Waals surface area (Å²) in [6, 6.07) is 12.4. The summed E-state index contributed by atoms with van der Waals surface area (Å²) in [5.41, 5.74) is 0.649. The van der Waals surface area contributed by atoms with Gasteiger partial charge in [0.05, 0.1) is 19.0 Å². The van der Waals surface area contributed by atoms with Crippen molar-refractivity contribution in [3.05, 3.63) is 47.5 Å². The number of carbonyl (C=O) groups excluding carboxylic acids is 1. The van der Waals surface area contributed by atoms with Crippen molar-refractivity contribution in [1.29, 1.82) is 0 Å². The van der Waals surface area contributed by atoms with Crippen LogP contribution in [0.4, 0.5) is 5.69 Å². The molecule has 4 rings (SSSR count). The van der Waals surface area contributed by atoms with Gasteiger partial charge in [-0.25, -0.2) is 0 Å². The van der Waals surface area contributed by atoms with E-state index in [1.54, 1.807) is 42.5 Å². The first-order valence-electron chi connectivity index (χ1n) is 10.3. The van der Waals surface area contributed by atoms with E-state index in [1.807, 2.05) is 11.9 Å². The van der Waals surface area contributed by atoms with E-state index in [1.165, 1.54) is 11.8 Å². The van der Waals surface area contributed by atoms with Crippen molar-refractivity contribution in [3.63, 3.8) is 0 Å². The number of rotatable bonds is 5. The van der Waals surface area contributed by atoms with E-state index in [0.29, 0.717) is 65.3 Å². The molecule has 1 N–H and O–H groups in total. The zero-order valence-corrected chi connectivity index (χ0v) is 19.1. The third-order valence-electron chi connectivity index (χ3n) is 4.54. The van der Waals surface area contributed by atoms with E-state index in [4.69, 9.17) is 25.8 Å². The van der Waals surface area contributed by atoms with E-state index in [2.05, 4.69) is 15.4 Å². The van der Waals surface area contributed by atoms with Gasteiger partial charge in [0.15, 0.2) is 11.5 Å². The number of fused-ring (bicyclic) bond motifs is 1. The summed E-state index contributed by atoms with van der Waals surface area (Å²) in [6.45, 7) is 4.35. The predicted molar refractivity (Wildman–Crippen MR) is 127 cm³/mol. The number of benzene rings is 2. The summed E-state index contributed by atoms with van der Waals surface area (Å²) >= 11 is 7.17. The minimum absolute atomic E-state index is 0.155. The molecule has 0 saturated carbocycles. The Bertz CT molecular complexity index is 1030. The highest BCUT2D eigenvalue weighted by Crippen LogP contribution is 2.32. The molecule has 2 heterocycles. The molecule has 0 bridgehead atoms. The molecule has 1 amide bonds. The number of amidine groups is 1. The maximum atomic E-state index is 12.5. The largest absolute Gasteiger partial charge is 0.490 e. The van der Waals surface area contributed by atoms with E-state index in [9.17, 15) is 4.79 Å². The number of thioether (sulfide) groups is 1. The second-order valence-corrected chi connectivity index (χ2v) is 8.35. The lowest BCUT2D eigenvalue weighted by molar-refractivity contribution is -0.113. The molecule has 0 spiro atoms. The maximum absolute atomic E-state index is 12.5. The van der Waals surface area contributed by atoms with Crippen LogP contribution >= 0.6 is 23.4 Å². The Morgan fingerprint density at radius 3 is 2.75 bits per heavy atom. The molecule has 8 nitrogen and oxygen atoms in total. The molecule has 2 aromatic rings. The number of ether oxygens (including phenoxy) is 3. The first-order chi connectivity index (χ1) is 15.6. The van der Waals surface area contributed by atoms with Crippen LogP contribution in [0.5, 0.6) is 17.2 Å². The third-order valence-corrected chi connectivity index (χ3v) is 5.63. The minimum atomic E-state index is -0.170. The highest BCUT2D eigenvalue weighted by molar-refractivity contribution is 8.14. The fourth-order valence-electron chi connectivity index (χ4n) is 2.98. The fraction of sp³-hybridized carbons (Fsp3) is 0.318. The number of halogens is 1. The highest BCUT2D eigenvalue weighted by atomic mass is 35.5. The molecule has 168 valence electrons. The minimum Gasteiger partial charge on any atom is -0.490 e. The summed E-state index contributed by atoms with van der Waals surface area (Å²) < 4.78 is 17.2. The van der Waals surface area contributed by atoms with Crippen LogP contribution in [0.15, 0.2) is 52.6 Å². The average molecular weight is 475 g/mol. The van der Waals surface area contributed by atoms with Crippen LogP contribution in [-0.2, 0) is 4.79 Å². The van der Waals surface area contributed by atoms with Crippen molar-refractivity contribution in [1.82, 2.24) is 5.01 Å². The molecule has 2 aliphatic rings. The number of nitrogens with zero attached hydrogens (tertiary/aromatic N) is 3. The van der Waals surface area contributed by atoms with E-state index in [0.717, 1.165) is 6.42 Å². The quantitative estimate of drug-likeness (QED) is 0.697. The van der Waals surface area contributed by atoms with Crippen LogP contribution in [-0.4, -0.2) is 54.0 Å². The topological polar surface area (TPSA) is 84.8 Å². The van der Waals surface area contributed by atoms with Gasteiger partial charge in [0, 0.05) is 29.7 Å². The van der Waals surface area contributed by atoms with Gasteiger partial charge >= 0.3 is 0 Å². The Morgan fingerprint density at radius 1 is 1.19 bits per heavy atom. The van der Waals surface area contributed by atoms with Gasteiger partial charge in [-0.3, -0.25) is 9.80 Å². The molecule has 0 aliphatic carbocycles. The Hall–Kier alpha value is -2.91. The van der Waals surface area contributed by atoms with Crippen molar-refractivity contribution in [2.24, 2.45) is 10.1 Å². The van der Waals surface area contributed by atoms with Gasteiger partial charge in [0.1, 0.15) is 12.3 Å². The molecule has 0 fully saturated rings. The van der Waals surface area contributed by atoms with Gasteiger partial charge in [0.25, 0.3) is 0 Å². The predicted octanol–water partition coefficient (Wildman–Crippen LogP) is 4.26. The second kappa shape index (κ2) is 10.6. The van der Waals surface area contributed by atoms with Crippen LogP contribution in [0.25, 0.3) is 0 Å². The van der Waals surface area contributed by atoms with Crippen molar-refractivity contribution in [2.75, 3.05) is 37.4 Å². The maximum Gasteiger partial charge on any atom is 0.234 e. The Labute approximate surface area is 195 Å². The lowest BCUT2D eigenvalue weighted by Crippen LogP contribution is -2.33. The number of hydrogen-bond donors (Lipinski definition) is 1. The third kappa shape index (κ3) is 6.08. The molecular weight excluding hydrogens is 452 g/mol. The smallest absolute Gasteiger partial charge is 0.234 e. The zero-order valence-electron chi connectivity index (χ0n) is 17.5. The molecule has 32 heavy (non-hydrogen) atoms. The van der Waals surface area contributed by atoms with Gasteiger partial charge in [-0.2, -0.15) is 4.99 Å². The molecule has 0 aromatic heterocycles. The van der Waals surface area contributed by atoms with Crippen molar-refractivity contribution < 1.29 is 19.0 Å². The van der Waals surface area contributed by atoms with Gasteiger partial charge < -0.3 is 19.5 Å². The summed E-state index contributed by atoms with van der Waals surface area (Å²) in [7, 11) is 0. The van der Waals surface area contributed by atoms with E-state index in [-0.39, 0.29) is 11.7 Å². The van der Waals surface area contributed by atoms with Gasteiger partial charge in [-0.1, -0.05) is 23.4 Å². The SMILES string of the molecule is CCN1CC(Oc2ccc(Cl)cc2)=NC(SCC(=O)Nc2ccc3c(c2)OCCCO3)=N1. The molecule has 10 heteroatoms. The number of hydrazone groups is 1. The average Bonchev–Trinajstić information content (AvgIpc) is 3.04. The fourth-order valence-corrected chi connectivity index (χ4v) is 3.78.